The van der Waals surface area contributed by atoms with Gasteiger partial charge in [0.05, 0.1) is 5.56 Å². The maximum absolute atomic E-state index is 10.7. The molecule has 0 saturated carbocycles. The van der Waals surface area contributed by atoms with Gasteiger partial charge in [0.1, 0.15) is 12.4 Å². The predicted octanol–water partition coefficient (Wildman–Crippen LogP) is 2.42. The molecule has 19 heavy (non-hydrogen) atoms. The van der Waals surface area contributed by atoms with Crippen molar-refractivity contribution < 1.29 is 14.6 Å². The lowest BCUT2D eigenvalue weighted by molar-refractivity contribution is 0.0697. The largest absolute Gasteiger partial charge is 0.489 e. The molecule has 0 aliphatic heterocycles. The highest BCUT2D eigenvalue weighted by molar-refractivity contribution is 5.87. The lowest BCUT2D eigenvalue weighted by Crippen LogP contribution is -2.03. The molecule has 2 aromatic rings. The van der Waals surface area contributed by atoms with E-state index in [2.05, 4.69) is 0 Å². The van der Waals surface area contributed by atoms with E-state index in [-0.39, 0.29) is 5.56 Å². The summed E-state index contributed by atoms with van der Waals surface area (Å²) in [6.07, 6.45) is 0. The Morgan fingerprint density at radius 3 is 2.42 bits per heavy atom. The molecule has 2 rings (SSSR count). The molecule has 0 spiro atoms. The van der Waals surface area contributed by atoms with Crippen molar-refractivity contribution in [2.24, 2.45) is 5.73 Å². The first-order valence-electron chi connectivity index (χ1n) is 5.93. The number of benzene rings is 2. The molecule has 0 unspecified atom stereocenters. The predicted molar refractivity (Wildman–Crippen MR) is 72.1 cm³/mol. The van der Waals surface area contributed by atoms with Gasteiger partial charge < -0.3 is 15.6 Å². The van der Waals surface area contributed by atoms with Crippen LogP contribution in [-0.2, 0) is 13.2 Å². The number of para-hydroxylation sites is 1. The zero-order valence-corrected chi connectivity index (χ0v) is 10.4. The van der Waals surface area contributed by atoms with E-state index in [1.165, 1.54) is 0 Å². The van der Waals surface area contributed by atoms with Crippen LogP contribution in [0, 0.1) is 0 Å². The second kappa shape index (κ2) is 6.02. The van der Waals surface area contributed by atoms with E-state index < -0.39 is 5.97 Å². The summed E-state index contributed by atoms with van der Waals surface area (Å²) in [6.45, 7) is 0.811. The molecule has 2 aromatic carbocycles. The van der Waals surface area contributed by atoms with Gasteiger partial charge in [-0.1, -0.05) is 30.3 Å². The van der Waals surface area contributed by atoms with E-state index in [9.17, 15) is 4.79 Å². The number of ether oxygens (including phenoxy) is 1. The van der Waals surface area contributed by atoms with Crippen LogP contribution in [0.15, 0.2) is 48.5 Å². The number of hydrogen-bond donors (Lipinski definition) is 2. The van der Waals surface area contributed by atoms with E-state index in [0.717, 1.165) is 16.9 Å². The van der Waals surface area contributed by atoms with Crippen molar-refractivity contribution in [3.63, 3.8) is 0 Å². The van der Waals surface area contributed by atoms with Gasteiger partial charge in [0.25, 0.3) is 0 Å². The van der Waals surface area contributed by atoms with Crippen LogP contribution in [0.5, 0.6) is 5.75 Å². The Labute approximate surface area is 111 Å². The fraction of sp³-hybridized carbons (Fsp3) is 0.133. The van der Waals surface area contributed by atoms with Gasteiger partial charge in [-0.15, -0.1) is 0 Å². The van der Waals surface area contributed by atoms with Gasteiger partial charge in [-0.25, -0.2) is 4.79 Å². The van der Waals surface area contributed by atoms with Crippen LogP contribution in [-0.4, -0.2) is 11.1 Å². The average molecular weight is 257 g/mol. The van der Waals surface area contributed by atoms with Gasteiger partial charge in [-0.2, -0.15) is 0 Å². The third kappa shape index (κ3) is 3.33. The van der Waals surface area contributed by atoms with Crippen molar-refractivity contribution in [1.82, 2.24) is 0 Å². The Morgan fingerprint density at radius 2 is 1.79 bits per heavy atom. The third-order valence-electron chi connectivity index (χ3n) is 2.79. The van der Waals surface area contributed by atoms with Gasteiger partial charge in [-0.05, 0) is 23.8 Å². The van der Waals surface area contributed by atoms with E-state index >= 15 is 0 Å². The smallest absolute Gasteiger partial charge is 0.335 e. The van der Waals surface area contributed by atoms with E-state index in [4.69, 9.17) is 15.6 Å². The molecule has 4 heteroatoms. The van der Waals surface area contributed by atoms with Crippen molar-refractivity contribution >= 4 is 5.97 Å². The van der Waals surface area contributed by atoms with Crippen LogP contribution in [0.1, 0.15) is 21.5 Å². The third-order valence-corrected chi connectivity index (χ3v) is 2.79. The summed E-state index contributed by atoms with van der Waals surface area (Å²) < 4.78 is 5.69. The molecule has 0 aliphatic carbocycles. The van der Waals surface area contributed by atoms with Crippen molar-refractivity contribution in [2.45, 2.75) is 13.2 Å². The Bertz CT molecular complexity index is 564. The molecule has 0 aliphatic rings. The molecule has 0 heterocycles. The van der Waals surface area contributed by atoms with Crippen LogP contribution in [0.25, 0.3) is 0 Å². The molecule has 0 radical (unpaired) electrons. The van der Waals surface area contributed by atoms with E-state index in [1.807, 2.05) is 24.3 Å². The maximum Gasteiger partial charge on any atom is 0.335 e. The number of carbonyl (C=O) groups is 1. The number of carboxylic acids is 1. The zero-order chi connectivity index (χ0) is 13.7. The summed E-state index contributed by atoms with van der Waals surface area (Å²) >= 11 is 0. The molecular weight excluding hydrogens is 242 g/mol. The fourth-order valence-electron chi connectivity index (χ4n) is 1.72. The standard InChI is InChI=1S/C15H15NO3/c16-9-13-3-1-2-4-14(13)19-10-11-5-7-12(8-6-11)15(17)18/h1-8H,9-10,16H2,(H,17,18). The quantitative estimate of drug-likeness (QED) is 0.862. The molecule has 98 valence electrons. The monoisotopic (exact) mass is 257 g/mol. The van der Waals surface area contributed by atoms with Gasteiger partial charge in [0.2, 0.25) is 0 Å². The fourth-order valence-corrected chi connectivity index (χ4v) is 1.72. The normalized spacial score (nSPS) is 10.2. The number of carboxylic acid groups (broad SMARTS) is 1. The zero-order valence-electron chi connectivity index (χ0n) is 10.4. The Kier molecular flexibility index (Phi) is 4.15. The van der Waals surface area contributed by atoms with Crippen molar-refractivity contribution in [2.75, 3.05) is 0 Å². The lowest BCUT2D eigenvalue weighted by Gasteiger charge is -2.10. The molecule has 0 fully saturated rings. The van der Waals surface area contributed by atoms with Crippen molar-refractivity contribution in [1.29, 1.82) is 0 Å². The van der Waals surface area contributed by atoms with Gasteiger partial charge in [0, 0.05) is 12.1 Å². The second-order valence-corrected chi connectivity index (χ2v) is 4.10. The molecule has 0 saturated heterocycles. The van der Waals surface area contributed by atoms with Crippen molar-refractivity contribution in [3.05, 3.63) is 65.2 Å². The number of aromatic carboxylic acids is 1. The maximum atomic E-state index is 10.7. The first kappa shape index (κ1) is 13.1. The summed E-state index contributed by atoms with van der Waals surface area (Å²) in [4.78, 5) is 10.7. The summed E-state index contributed by atoms with van der Waals surface area (Å²) in [5, 5.41) is 8.81. The first-order chi connectivity index (χ1) is 9.20. The molecule has 0 aromatic heterocycles. The summed E-state index contributed by atoms with van der Waals surface area (Å²) in [7, 11) is 0. The SMILES string of the molecule is NCc1ccccc1OCc1ccc(C(=O)O)cc1. The summed E-state index contributed by atoms with van der Waals surface area (Å²) in [6, 6.07) is 14.2. The lowest BCUT2D eigenvalue weighted by atomic mass is 10.1. The van der Waals surface area contributed by atoms with E-state index in [0.29, 0.717) is 13.2 Å². The van der Waals surface area contributed by atoms with Crippen LogP contribution in [0.2, 0.25) is 0 Å². The minimum absolute atomic E-state index is 0.270. The summed E-state index contributed by atoms with van der Waals surface area (Å²) in [5.41, 5.74) is 7.76. The molecule has 0 atom stereocenters. The minimum Gasteiger partial charge on any atom is -0.489 e. The topological polar surface area (TPSA) is 72.5 Å². The highest BCUT2D eigenvalue weighted by atomic mass is 16.5. The van der Waals surface area contributed by atoms with Gasteiger partial charge in [0.15, 0.2) is 0 Å². The number of hydrogen-bond acceptors (Lipinski definition) is 3. The van der Waals surface area contributed by atoms with Crippen LogP contribution < -0.4 is 10.5 Å². The van der Waals surface area contributed by atoms with Gasteiger partial charge >= 0.3 is 5.97 Å². The van der Waals surface area contributed by atoms with Crippen molar-refractivity contribution in [3.8, 4) is 5.75 Å². The van der Waals surface area contributed by atoms with Gasteiger partial charge in [-0.3, -0.25) is 0 Å². The molecule has 0 bridgehead atoms. The Hall–Kier alpha value is -2.33. The highest BCUT2D eigenvalue weighted by Crippen LogP contribution is 2.18. The first-order valence-corrected chi connectivity index (χ1v) is 5.93. The number of rotatable bonds is 5. The van der Waals surface area contributed by atoms with Crippen LogP contribution >= 0.6 is 0 Å². The van der Waals surface area contributed by atoms with E-state index in [1.54, 1.807) is 24.3 Å². The molecule has 4 nitrogen and oxygen atoms in total. The Balaban J connectivity index is 2.04. The highest BCUT2D eigenvalue weighted by Gasteiger charge is 2.04. The summed E-state index contributed by atoms with van der Waals surface area (Å²) in [5.74, 6) is -0.173. The molecular formula is C15H15NO3. The Morgan fingerprint density at radius 1 is 1.11 bits per heavy atom. The second-order valence-electron chi connectivity index (χ2n) is 4.10. The van der Waals surface area contributed by atoms with Crippen LogP contribution in [0.4, 0.5) is 0 Å². The van der Waals surface area contributed by atoms with Crippen LogP contribution in [0.3, 0.4) is 0 Å². The average Bonchev–Trinajstić information content (AvgIpc) is 2.45. The molecule has 0 amide bonds. The molecule has 3 N–H and O–H groups in total. The minimum atomic E-state index is -0.930. The number of nitrogens with two attached hydrogens (primary N) is 1.